The fourth-order valence-corrected chi connectivity index (χ4v) is 1.37. The van der Waals surface area contributed by atoms with Crippen LogP contribution in [0.2, 0.25) is 0 Å². The topological polar surface area (TPSA) is 29.5 Å². The van der Waals surface area contributed by atoms with Crippen LogP contribution < -0.4 is 0 Å². The molecule has 0 atom stereocenters. The van der Waals surface area contributed by atoms with Crippen LogP contribution in [0.5, 0.6) is 0 Å². The molecule has 0 aromatic rings. The lowest BCUT2D eigenvalue weighted by Crippen LogP contribution is -2.53. The molecule has 0 aliphatic carbocycles. The van der Waals surface area contributed by atoms with Gasteiger partial charge in [-0.25, -0.2) is 0 Å². The SMILES string of the molecule is CC(C)(C(=O)Cl)N1CCOCC1. The van der Waals surface area contributed by atoms with Gasteiger partial charge in [0.25, 0.3) is 0 Å². The maximum Gasteiger partial charge on any atom is 0.241 e. The molecule has 0 bridgehead atoms. The van der Waals surface area contributed by atoms with E-state index in [9.17, 15) is 4.79 Å². The minimum atomic E-state index is -0.550. The van der Waals surface area contributed by atoms with Crippen LogP contribution in [0.15, 0.2) is 0 Å². The van der Waals surface area contributed by atoms with Crippen LogP contribution in [0.25, 0.3) is 0 Å². The molecule has 1 fully saturated rings. The Bertz CT molecular complexity index is 176. The van der Waals surface area contributed by atoms with Gasteiger partial charge in [0.05, 0.1) is 18.8 Å². The first kappa shape index (κ1) is 9.96. The monoisotopic (exact) mass is 191 g/mol. The fourth-order valence-electron chi connectivity index (χ4n) is 1.25. The molecule has 0 radical (unpaired) electrons. The summed E-state index contributed by atoms with van der Waals surface area (Å²) < 4.78 is 5.18. The van der Waals surface area contributed by atoms with E-state index >= 15 is 0 Å². The van der Waals surface area contributed by atoms with Crippen LogP contribution >= 0.6 is 11.6 Å². The standard InChI is InChI=1S/C8H14ClNO2/c1-8(2,7(9)11)10-3-5-12-6-4-10/h3-6H2,1-2H3. The molecule has 0 amide bonds. The number of ether oxygens (including phenoxy) is 1. The maximum atomic E-state index is 11.0. The van der Waals surface area contributed by atoms with Crippen LogP contribution in [-0.4, -0.2) is 42.0 Å². The highest BCUT2D eigenvalue weighted by Gasteiger charge is 2.33. The summed E-state index contributed by atoms with van der Waals surface area (Å²) in [6.07, 6.45) is 0. The van der Waals surface area contributed by atoms with Gasteiger partial charge in [-0.2, -0.15) is 0 Å². The lowest BCUT2D eigenvalue weighted by Gasteiger charge is -2.37. The molecule has 70 valence electrons. The van der Waals surface area contributed by atoms with Gasteiger partial charge in [-0.15, -0.1) is 0 Å². The van der Waals surface area contributed by atoms with Crippen molar-refractivity contribution >= 4 is 16.8 Å². The molecule has 0 aromatic heterocycles. The molecular formula is C8H14ClNO2. The van der Waals surface area contributed by atoms with Crippen molar-refractivity contribution < 1.29 is 9.53 Å². The number of nitrogens with zero attached hydrogens (tertiary/aromatic N) is 1. The Kier molecular flexibility index (Phi) is 3.09. The number of carbonyl (C=O) groups excluding carboxylic acids is 1. The van der Waals surface area contributed by atoms with E-state index in [-0.39, 0.29) is 5.24 Å². The van der Waals surface area contributed by atoms with E-state index in [2.05, 4.69) is 0 Å². The van der Waals surface area contributed by atoms with E-state index in [0.29, 0.717) is 13.2 Å². The third kappa shape index (κ3) is 1.97. The molecule has 0 spiro atoms. The molecule has 0 N–H and O–H groups in total. The third-order valence-corrected chi connectivity index (χ3v) is 2.75. The van der Waals surface area contributed by atoms with Gasteiger partial charge >= 0.3 is 0 Å². The first-order chi connectivity index (χ1) is 5.55. The second-order valence-electron chi connectivity index (χ2n) is 3.43. The first-order valence-corrected chi connectivity index (χ1v) is 4.45. The van der Waals surface area contributed by atoms with Gasteiger partial charge < -0.3 is 4.74 Å². The predicted octanol–water partition coefficient (Wildman–Crippen LogP) is 0.863. The average Bonchev–Trinajstić information content (AvgIpc) is 2.06. The van der Waals surface area contributed by atoms with E-state index in [1.807, 2.05) is 18.7 Å². The zero-order valence-electron chi connectivity index (χ0n) is 7.47. The van der Waals surface area contributed by atoms with Crippen LogP contribution in [0.1, 0.15) is 13.8 Å². The smallest absolute Gasteiger partial charge is 0.241 e. The highest BCUT2D eigenvalue weighted by atomic mass is 35.5. The molecule has 0 unspecified atom stereocenters. The zero-order chi connectivity index (χ0) is 9.19. The molecule has 1 saturated heterocycles. The molecule has 0 saturated carbocycles. The van der Waals surface area contributed by atoms with Gasteiger partial charge in [0.15, 0.2) is 0 Å². The minimum Gasteiger partial charge on any atom is -0.379 e. The largest absolute Gasteiger partial charge is 0.379 e. The van der Waals surface area contributed by atoms with Crippen molar-refractivity contribution in [2.45, 2.75) is 19.4 Å². The number of morpholine rings is 1. The van der Waals surface area contributed by atoms with E-state index in [1.165, 1.54) is 0 Å². The Labute approximate surface area is 77.6 Å². The summed E-state index contributed by atoms with van der Waals surface area (Å²) in [6.45, 7) is 6.62. The number of rotatable bonds is 2. The molecule has 1 aliphatic heterocycles. The average molecular weight is 192 g/mol. The van der Waals surface area contributed by atoms with Gasteiger partial charge in [-0.05, 0) is 25.4 Å². The fraction of sp³-hybridized carbons (Fsp3) is 0.875. The molecule has 4 heteroatoms. The van der Waals surface area contributed by atoms with Crippen molar-refractivity contribution in [3.05, 3.63) is 0 Å². The van der Waals surface area contributed by atoms with Gasteiger partial charge in [0, 0.05) is 13.1 Å². The zero-order valence-corrected chi connectivity index (χ0v) is 8.23. The second-order valence-corrected chi connectivity index (χ2v) is 3.78. The molecule has 3 nitrogen and oxygen atoms in total. The molecule has 0 aromatic carbocycles. The van der Waals surface area contributed by atoms with Crippen molar-refractivity contribution in [2.24, 2.45) is 0 Å². The minimum absolute atomic E-state index is 0.301. The summed E-state index contributed by atoms with van der Waals surface area (Å²) in [7, 11) is 0. The van der Waals surface area contributed by atoms with Crippen molar-refractivity contribution in [1.29, 1.82) is 0 Å². The van der Waals surface area contributed by atoms with E-state index < -0.39 is 5.54 Å². The maximum absolute atomic E-state index is 11.0. The van der Waals surface area contributed by atoms with Gasteiger partial charge in [0.2, 0.25) is 5.24 Å². The Hall–Kier alpha value is -0.120. The van der Waals surface area contributed by atoms with Gasteiger partial charge in [-0.1, -0.05) is 0 Å². The van der Waals surface area contributed by atoms with Crippen LogP contribution in [0, 0.1) is 0 Å². The number of halogens is 1. The summed E-state index contributed by atoms with van der Waals surface area (Å²) in [5, 5.41) is -0.301. The second kappa shape index (κ2) is 3.73. The highest BCUT2D eigenvalue weighted by Crippen LogP contribution is 2.18. The Morgan fingerprint density at radius 2 is 1.92 bits per heavy atom. The van der Waals surface area contributed by atoms with Crippen LogP contribution in [-0.2, 0) is 9.53 Å². The lowest BCUT2D eigenvalue weighted by molar-refractivity contribution is -0.124. The molecule has 12 heavy (non-hydrogen) atoms. The predicted molar refractivity (Wildman–Crippen MR) is 47.3 cm³/mol. The quantitative estimate of drug-likeness (QED) is 0.607. The first-order valence-electron chi connectivity index (χ1n) is 4.08. The lowest BCUT2D eigenvalue weighted by atomic mass is 10.0. The summed E-state index contributed by atoms with van der Waals surface area (Å²) in [5.41, 5.74) is -0.550. The van der Waals surface area contributed by atoms with Gasteiger partial charge in [-0.3, -0.25) is 9.69 Å². The number of hydrogen-bond donors (Lipinski definition) is 0. The third-order valence-electron chi connectivity index (χ3n) is 2.28. The van der Waals surface area contributed by atoms with Crippen molar-refractivity contribution in [1.82, 2.24) is 4.90 Å². The van der Waals surface area contributed by atoms with E-state index in [1.54, 1.807) is 0 Å². The van der Waals surface area contributed by atoms with Crippen molar-refractivity contribution in [3.63, 3.8) is 0 Å². The van der Waals surface area contributed by atoms with Crippen molar-refractivity contribution in [3.8, 4) is 0 Å². The van der Waals surface area contributed by atoms with Gasteiger partial charge in [0.1, 0.15) is 0 Å². The Morgan fingerprint density at radius 3 is 2.33 bits per heavy atom. The highest BCUT2D eigenvalue weighted by molar-refractivity contribution is 6.65. The Morgan fingerprint density at radius 1 is 1.42 bits per heavy atom. The van der Waals surface area contributed by atoms with E-state index in [4.69, 9.17) is 16.3 Å². The van der Waals surface area contributed by atoms with Crippen LogP contribution in [0.3, 0.4) is 0 Å². The van der Waals surface area contributed by atoms with Crippen LogP contribution in [0.4, 0.5) is 0 Å². The summed E-state index contributed by atoms with van der Waals surface area (Å²) >= 11 is 5.48. The summed E-state index contributed by atoms with van der Waals surface area (Å²) in [6, 6.07) is 0. The molecule has 1 heterocycles. The summed E-state index contributed by atoms with van der Waals surface area (Å²) in [5.74, 6) is 0. The Balaban J connectivity index is 2.59. The number of carbonyl (C=O) groups is 1. The number of hydrogen-bond acceptors (Lipinski definition) is 3. The summed E-state index contributed by atoms with van der Waals surface area (Å²) in [4.78, 5) is 13.1. The molecular weight excluding hydrogens is 178 g/mol. The van der Waals surface area contributed by atoms with Crippen molar-refractivity contribution in [2.75, 3.05) is 26.3 Å². The molecule has 1 aliphatic rings. The van der Waals surface area contributed by atoms with E-state index in [0.717, 1.165) is 13.1 Å². The molecule has 1 rings (SSSR count). The normalized spacial score (nSPS) is 20.9.